The van der Waals surface area contributed by atoms with E-state index in [1.165, 1.54) is 29.4 Å². The molecule has 14 aromatic rings. The predicted octanol–water partition coefficient (Wildman–Crippen LogP) is 21.5. The van der Waals surface area contributed by atoms with Gasteiger partial charge in [-0.05, 0) is 192 Å². The maximum atomic E-state index is 13.3. The zero-order chi connectivity index (χ0) is 87.3. The number of nitrogens with zero attached hydrogens (tertiary/aromatic N) is 9. The number of hydrogen-bond donors (Lipinski definition) is 0. The fourth-order valence-electron chi connectivity index (χ4n) is 15.7. The van der Waals surface area contributed by atoms with Gasteiger partial charge in [0, 0.05) is 181 Å². The van der Waals surface area contributed by atoms with E-state index in [0.29, 0.717) is 45.3 Å². The van der Waals surface area contributed by atoms with Gasteiger partial charge in [-0.1, -0.05) is 106 Å². The Morgan fingerprint density at radius 1 is 0.468 bits per heavy atom. The monoisotopic (exact) mass is 2480 g/mol. The van der Waals surface area contributed by atoms with Crippen LogP contribution in [0.25, 0.3) is 90.6 Å². The second-order valence-electron chi connectivity index (χ2n) is 30.9. The van der Waals surface area contributed by atoms with Gasteiger partial charge in [0.2, 0.25) is 0 Å². The third-order valence-corrected chi connectivity index (χ3v) is 23.9. The van der Waals surface area contributed by atoms with Crippen LogP contribution in [-0.2, 0) is 109 Å². The summed E-state index contributed by atoms with van der Waals surface area (Å²) in [7, 11) is 4.39. The number of benzene rings is 10. The molecule has 1 aliphatic rings. The van der Waals surface area contributed by atoms with E-state index in [9.17, 15) is 23.3 Å². The Kier molecular flexibility index (Phi) is 35.9. The van der Waals surface area contributed by atoms with Crippen LogP contribution in [-0.4, -0.2) is 107 Å². The molecule has 0 amide bonds. The number of carbonyl (C=O) groups is 2. The van der Waals surface area contributed by atoms with Crippen molar-refractivity contribution in [1.29, 1.82) is 5.26 Å². The minimum absolute atomic E-state index is 0. The molecule has 0 spiro atoms. The third kappa shape index (κ3) is 22.7. The van der Waals surface area contributed by atoms with E-state index in [1.54, 1.807) is 98.1 Å². The van der Waals surface area contributed by atoms with Crippen LogP contribution < -0.4 is 23.7 Å². The van der Waals surface area contributed by atoms with Gasteiger partial charge < -0.3 is 51.4 Å². The Morgan fingerprint density at radius 2 is 0.921 bits per heavy atom. The van der Waals surface area contributed by atoms with Gasteiger partial charge in [0.05, 0.1) is 80.6 Å². The molecule has 2 unspecified atom stereocenters. The van der Waals surface area contributed by atoms with Crippen LogP contribution in [0.15, 0.2) is 234 Å². The molecule has 10 aromatic carbocycles. The number of para-hydroxylation sites is 1. The second kappa shape index (κ2) is 44.8. The largest absolute Gasteiger partial charge is 0.540 e. The summed E-state index contributed by atoms with van der Waals surface area (Å²) in [6, 6.07) is 69.9. The van der Waals surface area contributed by atoms with Gasteiger partial charge in [0.1, 0.15) is 24.7 Å². The summed E-state index contributed by atoms with van der Waals surface area (Å²) in [5.74, 6) is 5.84. The molecule has 0 aliphatic carbocycles. The number of aromatic nitrogens is 8. The van der Waals surface area contributed by atoms with Crippen molar-refractivity contribution in [2.45, 2.75) is 112 Å². The first-order valence-corrected chi connectivity index (χ1v) is 42.0. The predicted molar refractivity (Wildman–Crippen MR) is 478 cm³/mol. The van der Waals surface area contributed by atoms with Gasteiger partial charge >= 0.3 is 11.9 Å². The van der Waals surface area contributed by atoms with E-state index in [4.69, 9.17) is 33.2 Å². The van der Waals surface area contributed by atoms with Gasteiger partial charge in [0.15, 0.2) is 9.84 Å². The molecule has 1 aliphatic heterocycles. The summed E-state index contributed by atoms with van der Waals surface area (Å²) in [5, 5.41) is 9.24. The van der Waals surface area contributed by atoms with E-state index >= 15 is 0 Å². The summed E-state index contributed by atoms with van der Waals surface area (Å²) in [4.78, 5) is 44.5. The van der Waals surface area contributed by atoms with E-state index in [0.717, 1.165) is 123 Å². The Balaban J connectivity index is 0.000000211. The standard InChI is InChI=1S/C34H42N3O6.C24H19N2O2S.C23H19N2O.C19H18BrN2O2.4Ir/c1-23(21-35)13-14-34(6,22-33(4,5)31(38)41-8)32(39)43-18-17-42-28-19-24(2)29(25(3)20-28)37-16-15-36-30(37)26-9-11-27(40-7)12-10-26;1-15-12-16(2)23(17(3)13-15)26-11-10-25-24(26)18-8-9-20-19-6-4-5-7-21(19)29(27,28)22(20)14-18;1-17-7-6-10-21(18-8-4-3-5-9-18)22(17)25-16-15-24-23(25)19-11-13-20(26-2)14-12-19;1-12-9-15(23-3)10-13(2)18(12)22-8-7-21-19(22)14-5-6-17(24-4)16(20)11-14;;;;/h9,11-12,15-16,19-20,23H,13-14,17-18,22H2,1-8H3;4-7,9-14H,1-3H3;3-11,13-16H,1-2H3;6-11H,1-4H3;;;;/q4*-1;;;;. The van der Waals surface area contributed by atoms with Gasteiger partial charge in [-0.25, -0.2) is 8.42 Å². The van der Waals surface area contributed by atoms with Crippen LogP contribution in [0.5, 0.6) is 28.7 Å². The summed E-state index contributed by atoms with van der Waals surface area (Å²) in [5.41, 5.74) is 18.4. The summed E-state index contributed by atoms with van der Waals surface area (Å²) in [6.45, 7) is 23.8. The number of halogens is 1. The summed E-state index contributed by atoms with van der Waals surface area (Å²) < 4.78 is 72.9. The SMILES string of the molecule is COC(=O)C(C)(C)CC(C)(CCC(C)C#N)C(=O)OCCOc1cc(C)c(-n2ccnc2-c2[c-]cc(OC)cc2)c(C)c1.COc1c[c-]c(-c2nccn2-c2c(C)cccc2-c2ccccc2)cc1.COc1cc(C)c(-n2ccnc2-c2[c-]cc(OC)c(Br)c2)c(C)c1.Cc1cc(C)c(-n2ccnc2-c2[c-]cc3c(c2)S(=O)(=O)c2ccccc2-3)c(C)c1.[Ir].[Ir].[Ir].[Ir]. The van der Waals surface area contributed by atoms with Crippen LogP contribution in [0.4, 0.5) is 0 Å². The number of imidazole rings is 4. The van der Waals surface area contributed by atoms with Crippen molar-refractivity contribution in [3.8, 4) is 125 Å². The molecular formula is C100H98BrIr4N9O11S-4. The second-order valence-corrected chi connectivity index (χ2v) is 33.7. The number of esters is 2. The van der Waals surface area contributed by atoms with Crippen LogP contribution >= 0.6 is 15.9 Å². The quantitative estimate of drug-likeness (QED) is 0.0311. The minimum Gasteiger partial charge on any atom is -0.540 e. The topological polar surface area (TPSA) is 228 Å². The number of methoxy groups -OCH3 is 5. The molecule has 126 heavy (non-hydrogen) atoms. The van der Waals surface area contributed by atoms with Crippen molar-refractivity contribution in [2.24, 2.45) is 16.7 Å². The Labute approximate surface area is 801 Å². The molecule has 0 saturated heterocycles. The first kappa shape index (κ1) is 101. The van der Waals surface area contributed by atoms with E-state index in [-0.39, 0.29) is 106 Å². The number of fused-ring (bicyclic) bond motifs is 3. The van der Waals surface area contributed by atoms with Gasteiger partial charge in [-0.2, -0.15) is 5.26 Å². The van der Waals surface area contributed by atoms with Crippen molar-refractivity contribution in [2.75, 3.05) is 48.8 Å². The fourth-order valence-corrected chi connectivity index (χ4v) is 17.9. The number of hydrogen-bond acceptors (Lipinski definition) is 16. The molecular weight excluding hydrogens is 2380 g/mol. The van der Waals surface area contributed by atoms with Crippen molar-refractivity contribution < 1.29 is 132 Å². The number of sulfone groups is 1. The first-order valence-electron chi connectivity index (χ1n) is 39.8. The molecule has 26 heteroatoms. The van der Waals surface area contributed by atoms with Crippen LogP contribution in [0.2, 0.25) is 0 Å². The molecule has 4 aromatic heterocycles. The number of carbonyl (C=O) groups excluding carboxylic acids is 2. The number of ether oxygens (including phenoxy) is 7. The number of aryl methyl sites for hydroxylation is 8. The maximum absolute atomic E-state index is 13.3. The molecule has 0 saturated carbocycles. The van der Waals surface area contributed by atoms with Crippen molar-refractivity contribution in [3.63, 3.8) is 0 Å². The van der Waals surface area contributed by atoms with E-state index in [1.807, 2.05) is 146 Å². The summed E-state index contributed by atoms with van der Waals surface area (Å²) in [6.07, 6.45) is 16.1. The van der Waals surface area contributed by atoms with E-state index < -0.39 is 32.6 Å². The average molecular weight is 2480 g/mol. The molecule has 15 rings (SSSR count). The molecule has 0 N–H and O–H groups in total. The van der Waals surface area contributed by atoms with Crippen LogP contribution in [0, 0.1) is 108 Å². The molecule has 0 fully saturated rings. The summed E-state index contributed by atoms with van der Waals surface area (Å²) >= 11 is 3.52. The molecule has 2 atom stereocenters. The number of nitriles is 1. The third-order valence-electron chi connectivity index (χ3n) is 21.4. The molecule has 5 heterocycles. The Bertz CT molecular complexity index is 6220. The average Bonchev–Trinajstić information content (AvgIpc) is 1.57. The van der Waals surface area contributed by atoms with Crippen molar-refractivity contribution in [1.82, 2.24) is 38.2 Å². The normalized spacial score (nSPS) is 12.0. The fraction of sp³-hybridized carbons (Fsp3) is 0.250. The zero-order valence-electron chi connectivity index (χ0n) is 73.0. The minimum atomic E-state index is -3.53. The molecule has 0 bridgehead atoms. The van der Waals surface area contributed by atoms with Crippen molar-refractivity contribution in [3.05, 3.63) is 293 Å². The Hall–Kier alpha value is -10.5. The van der Waals surface area contributed by atoms with Crippen LogP contribution in [0.1, 0.15) is 91.5 Å². The smallest absolute Gasteiger partial charge is 0.311 e. The maximum Gasteiger partial charge on any atom is 0.311 e. The van der Waals surface area contributed by atoms with Crippen LogP contribution in [0.3, 0.4) is 0 Å². The van der Waals surface area contributed by atoms with Gasteiger partial charge in [-0.15, -0.1) is 107 Å². The molecule has 4 radical (unpaired) electrons. The molecule has 662 valence electrons. The van der Waals surface area contributed by atoms with Crippen molar-refractivity contribution >= 4 is 37.7 Å². The first-order chi connectivity index (χ1) is 58.5. The molecule has 20 nitrogen and oxygen atoms in total. The Morgan fingerprint density at radius 3 is 1.40 bits per heavy atom. The number of rotatable bonds is 24. The van der Waals surface area contributed by atoms with E-state index in [2.05, 4.69) is 171 Å². The zero-order valence-corrected chi connectivity index (χ0v) is 85.0. The van der Waals surface area contributed by atoms with Gasteiger partial charge in [0.25, 0.3) is 0 Å². The van der Waals surface area contributed by atoms with Gasteiger partial charge in [-0.3, -0.25) is 29.5 Å².